The molecule has 5 heteroatoms. The first kappa shape index (κ1) is 12.5. The Morgan fingerprint density at radius 1 is 1.22 bits per heavy atom. The summed E-state index contributed by atoms with van der Waals surface area (Å²) >= 11 is 0. The summed E-state index contributed by atoms with van der Waals surface area (Å²) in [5.41, 5.74) is 1.41. The number of hydrogen-bond donors (Lipinski definition) is 1. The van der Waals surface area contributed by atoms with E-state index in [1.54, 1.807) is 6.20 Å². The van der Waals surface area contributed by atoms with Crippen molar-refractivity contribution in [1.82, 2.24) is 9.78 Å². The standard InChI is InChI=1S/C13H15F2N3/c1-2-3-18-9-10(8-17-18)7-16-13-5-11(14)4-12(15)6-13/h4-6,8-9,16H,2-3,7H2,1H3. The molecular formula is C13H15F2N3. The lowest BCUT2D eigenvalue weighted by molar-refractivity contribution is 0.584. The average molecular weight is 251 g/mol. The fourth-order valence-corrected chi connectivity index (χ4v) is 1.71. The summed E-state index contributed by atoms with van der Waals surface area (Å²) < 4.78 is 27.8. The Balaban J connectivity index is 1.97. The van der Waals surface area contributed by atoms with Crippen molar-refractivity contribution in [2.24, 2.45) is 0 Å². The van der Waals surface area contributed by atoms with Crippen LogP contribution >= 0.6 is 0 Å². The highest BCUT2D eigenvalue weighted by atomic mass is 19.1. The lowest BCUT2D eigenvalue weighted by Crippen LogP contribution is -2.00. The molecule has 0 aliphatic carbocycles. The predicted octanol–water partition coefficient (Wildman–Crippen LogP) is 3.18. The van der Waals surface area contributed by atoms with Crippen molar-refractivity contribution in [3.05, 3.63) is 47.8 Å². The van der Waals surface area contributed by atoms with Gasteiger partial charge in [0.1, 0.15) is 11.6 Å². The summed E-state index contributed by atoms with van der Waals surface area (Å²) in [6.07, 6.45) is 4.69. The van der Waals surface area contributed by atoms with Gasteiger partial charge in [-0.3, -0.25) is 4.68 Å². The SMILES string of the molecule is CCCn1cc(CNc2cc(F)cc(F)c2)cn1. The molecule has 1 aromatic carbocycles. The Hall–Kier alpha value is -1.91. The minimum absolute atomic E-state index is 0.427. The molecule has 0 bridgehead atoms. The van der Waals surface area contributed by atoms with Gasteiger partial charge in [0.15, 0.2) is 0 Å². The van der Waals surface area contributed by atoms with Crippen molar-refractivity contribution in [2.45, 2.75) is 26.4 Å². The molecule has 0 spiro atoms. The van der Waals surface area contributed by atoms with Gasteiger partial charge >= 0.3 is 0 Å². The van der Waals surface area contributed by atoms with Gasteiger partial charge in [-0.25, -0.2) is 8.78 Å². The molecule has 1 N–H and O–H groups in total. The van der Waals surface area contributed by atoms with Crippen molar-refractivity contribution in [2.75, 3.05) is 5.32 Å². The third-order valence-electron chi connectivity index (χ3n) is 2.50. The highest BCUT2D eigenvalue weighted by Gasteiger charge is 2.02. The topological polar surface area (TPSA) is 29.9 Å². The van der Waals surface area contributed by atoms with Crippen LogP contribution in [-0.4, -0.2) is 9.78 Å². The van der Waals surface area contributed by atoms with Crippen LogP contribution in [0.2, 0.25) is 0 Å². The van der Waals surface area contributed by atoms with Crippen LogP contribution in [0.15, 0.2) is 30.6 Å². The van der Waals surface area contributed by atoms with Crippen molar-refractivity contribution >= 4 is 5.69 Å². The zero-order valence-electron chi connectivity index (χ0n) is 10.2. The Morgan fingerprint density at radius 2 is 1.94 bits per heavy atom. The summed E-state index contributed by atoms with van der Waals surface area (Å²) in [5.74, 6) is -1.17. The van der Waals surface area contributed by atoms with Crippen molar-refractivity contribution < 1.29 is 8.78 Å². The first-order valence-corrected chi connectivity index (χ1v) is 5.88. The number of halogens is 2. The molecule has 1 heterocycles. The lowest BCUT2D eigenvalue weighted by atomic mass is 10.3. The van der Waals surface area contributed by atoms with Gasteiger partial charge in [-0.1, -0.05) is 6.92 Å². The van der Waals surface area contributed by atoms with Gasteiger partial charge in [0, 0.05) is 36.6 Å². The molecule has 1 aromatic heterocycles. The Morgan fingerprint density at radius 3 is 2.61 bits per heavy atom. The molecule has 2 aromatic rings. The smallest absolute Gasteiger partial charge is 0.128 e. The summed E-state index contributed by atoms with van der Waals surface area (Å²) in [4.78, 5) is 0. The van der Waals surface area contributed by atoms with E-state index in [1.807, 2.05) is 10.9 Å². The largest absolute Gasteiger partial charge is 0.381 e. The van der Waals surface area contributed by atoms with Crippen molar-refractivity contribution in [1.29, 1.82) is 0 Å². The van der Waals surface area contributed by atoms with Gasteiger partial charge in [0.25, 0.3) is 0 Å². The Labute approximate surface area is 104 Å². The van der Waals surface area contributed by atoms with E-state index in [-0.39, 0.29) is 0 Å². The Bertz CT molecular complexity index is 502. The molecule has 0 radical (unpaired) electrons. The number of anilines is 1. The van der Waals surface area contributed by atoms with E-state index in [2.05, 4.69) is 17.3 Å². The number of rotatable bonds is 5. The maximum Gasteiger partial charge on any atom is 0.128 e. The first-order chi connectivity index (χ1) is 8.67. The van der Waals surface area contributed by atoms with E-state index < -0.39 is 11.6 Å². The molecule has 0 unspecified atom stereocenters. The number of nitrogens with one attached hydrogen (secondary N) is 1. The summed E-state index contributed by atoms with van der Waals surface area (Å²) in [5, 5.41) is 7.15. The molecule has 0 atom stereocenters. The maximum atomic E-state index is 13.0. The molecule has 0 amide bonds. The van der Waals surface area contributed by atoms with Crippen LogP contribution < -0.4 is 5.32 Å². The fraction of sp³-hybridized carbons (Fsp3) is 0.308. The third-order valence-corrected chi connectivity index (χ3v) is 2.50. The van der Waals surface area contributed by atoms with E-state index in [0.717, 1.165) is 24.6 Å². The molecular weight excluding hydrogens is 236 g/mol. The summed E-state index contributed by atoms with van der Waals surface area (Å²) in [6.45, 7) is 3.44. The predicted molar refractivity (Wildman–Crippen MR) is 66.2 cm³/mol. The molecule has 96 valence electrons. The van der Waals surface area contributed by atoms with Crippen LogP contribution in [-0.2, 0) is 13.1 Å². The van der Waals surface area contributed by atoms with Gasteiger partial charge in [0.2, 0.25) is 0 Å². The second kappa shape index (κ2) is 5.62. The minimum Gasteiger partial charge on any atom is -0.381 e. The van der Waals surface area contributed by atoms with Crippen molar-refractivity contribution in [3.63, 3.8) is 0 Å². The van der Waals surface area contributed by atoms with E-state index in [9.17, 15) is 8.78 Å². The van der Waals surface area contributed by atoms with Crippen molar-refractivity contribution in [3.8, 4) is 0 Å². The highest BCUT2D eigenvalue weighted by Crippen LogP contribution is 2.14. The molecule has 0 saturated carbocycles. The summed E-state index contributed by atoms with van der Waals surface area (Å²) in [7, 11) is 0. The normalized spacial score (nSPS) is 10.6. The zero-order valence-corrected chi connectivity index (χ0v) is 10.2. The number of aryl methyl sites for hydroxylation is 1. The maximum absolute atomic E-state index is 13.0. The third kappa shape index (κ3) is 3.29. The van der Waals surface area contributed by atoms with Crippen LogP contribution in [0.3, 0.4) is 0 Å². The monoisotopic (exact) mass is 251 g/mol. The number of aromatic nitrogens is 2. The molecule has 0 aliphatic rings. The number of hydrogen-bond acceptors (Lipinski definition) is 2. The van der Waals surface area contributed by atoms with E-state index >= 15 is 0 Å². The molecule has 2 rings (SSSR count). The second-order valence-corrected chi connectivity index (χ2v) is 4.12. The highest BCUT2D eigenvalue weighted by molar-refractivity contribution is 5.44. The quantitative estimate of drug-likeness (QED) is 0.884. The molecule has 3 nitrogen and oxygen atoms in total. The minimum atomic E-state index is -0.584. The van der Waals surface area contributed by atoms with Crippen LogP contribution in [0.1, 0.15) is 18.9 Å². The number of benzene rings is 1. The molecule has 18 heavy (non-hydrogen) atoms. The summed E-state index contributed by atoms with van der Waals surface area (Å²) in [6, 6.07) is 3.38. The lowest BCUT2D eigenvalue weighted by Gasteiger charge is -2.05. The van der Waals surface area contributed by atoms with Crippen LogP contribution in [0, 0.1) is 11.6 Å². The van der Waals surface area contributed by atoms with Gasteiger partial charge in [-0.2, -0.15) is 5.10 Å². The zero-order chi connectivity index (χ0) is 13.0. The average Bonchev–Trinajstić information content (AvgIpc) is 2.74. The van der Waals surface area contributed by atoms with Crippen LogP contribution in [0.4, 0.5) is 14.5 Å². The van der Waals surface area contributed by atoms with Gasteiger partial charge < -0.3 is 5.32 Å². The van der Waals surface area contributed by atoms with E-state index in [4.69, 9.17) is 0 Å². The second-order valence-electron chi connectivity index (χ2n) is 4.12. The number of nitrogens with zero attached hydrogens (tertiary/aromatic N) is 2. The van der Waals surface area contributed by atoms with E-state index in [1.165, 1.54) is 12.1 Å². The first-order valence-electron chi connectivity index (χ1n) is 5.88. The molecule has 0 fully saturated rings. The van der Waals surface area contributed by atoms with Gasteiger partial charge in [-0.05, 0) is 18.6 Å². The fourth-order valence-electron chi connectivity index (χ4n) is 1.71. The van der Waals surface area contributed by atoms with Crippen LogP contribution in [0.5, 0.6) is 0 Å². The van der Waals surface area contributed by atoms with Gasteiger partial charge in [-0.15, -0.1) is 0 Å². The van der Waals surface area contributed by atoms with E-state index in [0.29, 0.717) is 12.2 Å². The Kier molecular flexibility index (Phi) is 3.92. The van der Waals surface area contributed by atoms with Crippen LogP contribution in [0.25, 0.3) is 0 Å². The molecule has 0 aliphatic heterocycles. The molecule has 0 saturated heterocycles. The van der Waals surface area contributed by atoms with Gasteiger partial charge in [0.05, 0.1) is 6.20 Å².